The van der Waals surface area contributed by atoms with Gasteiger partial charge in [0.25, 0.3) is 0 Å². The summed E-state index contributed by atoms with van der Waals surface area (Å²) in [6.07, 6.45) is 0.764. The van der Waals surface area contributed by atoms with Gasteiger partial charge in [0.2, 0.25) is 0 Å². The first kappa shape index (κ1) is 9.99. The maximum Gasteiger partial charge on any atom is 0.165 e. The summed E-state index contributed by atoms with van der Waals surface area (Å²) in [5, 5.41) is 0. The van der Waals surface area contributed by atoms with E-state index in [0.717, 1.165) is 12.0 Å². The van der Waals surface area contributed by atoms with Crippen LogP contribution in [0.25, 0.3) is 0 Å². The van der Waals surface area contributed by atoms with Crippen molar-refractivity contribution in [2.24, 2.45) is 5.73 Å². The lowest BCUT2D eigenvalue weighted by Crippen LogP contribution is -2.10. The van der Waals surface area contributed by atoms with E-state index in [4.69, 9.17) is 10.5 Å². The smallest absolute Gasteiger partial charge is 0.165 e. The van der Waals surface area contributed by atoms with E-state index < -0.39 is 0 Å². The molecule has 13 heavy (non-hydrogen) atoms. The van der Waals surface area contributed by atoms with E-state index in [2.05, 4.69) is 0 Å². The molecule has 3 heteroatoms. The molecule has 0 aliphatic carbocycles. The number of methoxy groups -OCH3 is 1. The number of ether oxygens (including phenoxy) is 1. The molecule has 72 valence electrons. The zero-order valence-corrected chi connectivity index (χ0v) is 7.88. The third-order valence-electron chi connectivity index (χ3n) is 2.04. The van der Waals surface area contributed by atoms with Crippen molar-refractivity contribution in [1.82, 2.24) is 0 Å². The number of benzene rings is 1. The molecular weight excluding hydrogens is 169 g/mol. The summed E-state index contributed by atoms with van der Waals surface area (Å²) in [5.74, 6) is -0.0965. The summed E-state index contributed by atoms with van der Waals surface area (Å²) in [7, 11) is 1.45. The van der Waals surface area contributed by atoms with Crippen LogP contribution in [0, 0.1) is 5.82 Å². The Morgan fingerprint density at radius 3 is 2.77 bits per heavy atom. The Hall–Kier alpha value is -1.09. The van der Waals surface area contributed by atoms with Crippen LogP contribution in [0.4, 0.5) is 4.39 Å². The average Bonchev–Trinajstić information content (AvgIpc) is 2.16. The van der Waals surface area contributed by atoms with Crippen LogP contribution in [-0.4, -0.2) is 7.11 Å². The monoisotopic (exact) mass is 183 g/mol. The quantitative estimate of drug-likeness (QED) is 0.780. The molecule has 0 bridgehead atoms. The third kappa shape index (κ3) is 1.98. The molecule has 0 aromatic heterocycles. The van der Waals surface area contributed by atoms with Gasteiger partial charge in [-0.2, -0.15) is 0 Å². The molecule has 1 rings (SSSR count). The number of nitrogens with two attached hydrogens (primary N) is 1. The van der Waals surface area contributed by atoms with Crippen LogP contribution in [-0.2, 0) is 0 Å². The van der Waals surface area contributed by atoms with Gasteiger partial charge in [-0.05, 0) is 12.5 Å². The molecule has 1 aromatic carbocycles. The van der Waals surface area contributed by atoms with Gasteiger partial charge in [0.15, 0.2) is 11.6 Å². The first-order chi connectivity index (χ1) is 6.20. The molecule has 0 saturated carbocycles. The van der Waals surface area contributed by atoms with Crippen LogP contribution in [0.3, 0.4) is 0 Å². The lowest BCUT2D eigenvalue weighted by atomic mass is 10.0. The molecule has 0 amide bonds. The van der Waals surface area contributed by atoms with Crippen molar-refractivity contribution in [3.63, 3.8) is 0 Å². The molecule has 2 N–H and O–H groups in total. The van der Waals surface area contributed by atoms with E-state index in [1.54, 1.807) is 12.1 Å². The van der Waals surface area contributed by atoms with Gasteiger partial charge in [0.1, 0.15) is 0 Å². The van der Waals surface area contributed by atoms with E-state index in [1.807, 2.05) is 6.92 Å². The highest BCUT2D eigenvalue weighted by molar-refractivity contribution is 5.37. The molecular formula is C10H14FNO. The molecule has 0 aliphatic rings. The Morgan fingerprint density at radius 1 is 1.54 bits per heavy atom. The average molecular weight is 183 g/mol. The number of hydrogen-bond donors (Lipinski definition) is 1. The minimum Gasteiger partial charge on any atom is -0.493 e. The molecule has 1 aromatic rings. The van der Waals surface area contributed by atoms with E-state index in [9.17, 15) is 4.39 Å². The van der Waals surface area contributed by atoms with Crippen molar-refractivity contribution in [2.45, 2.75) is 19.4 Å². The summed E-state index contributed by atoms with van der Waals surface area (Å²) in [6.45, 7) is 1.95. The number of halogens is 1. The summed E-state index contributed by atoms with van der Waals surface area (Å²) in [5.41, 5.74) is 6.52. The third-order valence-corrected chi connectivity index (χ3v) is 2.04. The van der Waals surface area contributed by atoms with Crippen molar-refractivity contribution < 1.29 is 9.13 Å². The number of hydrogen-bond acceptors (Lipinski definition) is 2. The highest BCUT2D eigenvalue weighted by Gasteiger charge is 2.13. The van der Waals surface area contributed by atoms with Crippen molar-refractivity contribution in [3.8, 4) is 5.75 Å². The Balaban J connectivity index is 3.12. The molecule has 1 atom stereocenters. The van der Waals surface area contributed by atoms with E-state index >= 15 is 0 Å². The summed E-state index contributed by atoms with van der Waals surface area (Å²) < 4.78 is 18.1. The van der Waals surface area contributed by atoms with Gasteiger partial charge in [0.05, 0.1) is 7.11 Å². The molecule has 0 saturated heterocycles. The molecule has 2 nitrogen and oxygen atoms in total. The molecule has 0 heterocycles. The van der Waals surface area contributed by atoms with Crippen LogP contribution < -0.4 is 10.5 Å². The van der Waals surface area contributed by atoms with Gasteiger partial charge in [-0.15, -0.1) is 0 Å². The highest BCUT2D eigenvalue weighted by atomic mass is 19.1. The van der Waals surface area contributed by atoms with Crippen molar-refractivity contribution in [3.05, 3.63) is 29.6 Å². The Morgan fingerprint density at radius 2 is 2.23 bits per heavy atom. The van der Waals surface area contributed by atoms with Crippen LogP contribution in [0.5, 0.6) is 5.75 Å². The van der Waals surface area contributed by atoms with Crippen molar-refractivity contribution >= 4 is 0 Å². The van der Waals surface area contributed by atoms with Crippen LogP contribution in [0.1, 0.15) is 24.9 Å². The summed E-state index contributed by atoms with van der Waals surface area (Å²) in [4.78, 5) is 0. The van der Waals surface area contributed by atoms with Crippen LogP contribution >= 0.6 is 0 Å². The first-order valence-corrected chi connectivity index (χ1v) is 4.28. The predicted molar refractivity (Wildman–Crippen MR) is 50.2 cm³/mol. The lowest BCUT2D eigenvalue weighted by molar-refractivity contribution is 0.377. The fourth-order valence-electron chi connectivity index (χ4n) is 1.25. The van der Waals surface area contributed by atoms with E-state index in [-0.39, 0.29) is 17.6 Å². The van der Waals surface area contributed by atoms with Gasteiger partial charge >= 0.3 is 0 Å². The fraction of sp³-hybridized carbons (Fsp3) is 0.400. The zero-order valence-electron chi connectivity index (χ0n) is 7.88. The largest absolute Gasteiger partial charge is 0.493 e. The topological polar surface area (TPSA) is 35.2 Å². The fourth-order valence-corrected chi connectivity index (χ4v) is 1.25. The van der Waals surface area contributed by atoms with Gasteiger partial charge in [-0.25, -0.2) is 4.39 Å². The Bertz CT molecular complexity index is 288. The second kappa shape index (κ2) is 4.23. The standard InChI is InChI=1S/C10H14FNO/c1-3-9(12)7-5-4-6-8(11)10(7)13-2/h4-6,9H,3,12H2,1-2H3/t9-/m1/s1. The number of para-hydroxylation sites is 1. The second-order valence-electron chi connectivity index (χ2n) is 2.88. The molecule has 0 spiro atoms. The number of rotatable bonds is 3. The van der Waals surface area contributed by atoms with Gasteiger partial charge in [0, 0.05) is 11.6 Å². The summed E-state index contributed by atoms with van der Waals surface area (Å²) >= 11 is 0. The predicted octanol–water partition coefficient (Wildman–Crippen LogP) is 2.24. The maximum atomic E-state index is 13.2. The Kier molecular flexibility index (Phi) is 3.25. The first-order valence-electron chi connectivity index (χ1n) is 4.28. The minimum absolute atomic E-state index is 0.161. The van der Waals surface area contributed by atoms with E-state index in [1.165, 1.54) is 13.2 Å². The van der Waals surface area contributed by atoms with Gasteiger partial charge < -0.3 is 10.5 Å². The van der Waals surface area contributed by atoms with Crippen molar-refractivity contribution in [2.75, 3.05) is 7.11 Å². The van der Waals surface area contributed by atoms with Crippen LogP contribution in [0.2, 0.25) is 0 Å². The Labute approximate surface area is 77.5 Å². The second-order valence-corrected chi connectivity index (χ2v) is 2.88. The maximum absolute atomic E-state index is 13.2. The molecule has 0 unspecified atom stereocenters. The highest BCUT2D eigenvalue weighted by Crippen LogP contribution is 2.27. The normalized spacial score (nSPS) is 12.6. The minimum atomic E-state index is -0.357. The lowest BCUT2D eigenvalue weighted by Gasteiger charge is -2.13. The molecule has 0 radical (unpaired) electrons. The van der Waals surface area contributed by atoms with E-state index in [0.29, 0.717) is 0 Å². The van der Waals surface area contributed by atoms with Gasteiger partial charge in [-0.3, -0.25) is 0 Å². The van der Waals surface area contributed by atoms with Crippen molar-refractivity contribution in [1.29, 1.82) is 0 Å². The molecule has 0 fully saturated rings. The van der Waals surface area contributed by atoms with Gasteiger partial charge in [-0.1, -0.05) is 19.1 Å². The SMILES string of the molecule is CC[C@@H](N)c1cccc(F)c1OC. The zero-order chi connectivity index (χ0) is 9.84. The summed E-state index contributed by atoms with van der Waals surface area (Å²) in [6, 6.07) is 4.63. The van der Waals surface area contributed by atoms with Crippen LogP contribution in [0.15, 0.2) is 18.2 Å². The molecule has 0 aliphatic heterocycles.